The highest BCUT2D eigenvalue weighted by Gasteiger charge is 2.65. The van der Waals surface area contributed by atoms with Crippen LogP contribution in [0, 0.1) is 12.3 Å². The van der Waals surface area contributed by atoms with Crippen LogP contribution < -0.4 is 4.90 Å². The number of hydrogen-bond acceptors (Lipinski definition) is 3. The molecule has 136 valence electrons. The maximum Gasteiger partial charge on any atom is 0.194 e. The summed E-state index contributed by atoms with van der Waals surface area (Å²) < 4.78 is 2.31. The summed E-state index contributed by atoms with van der Waals surface area (Å²) >= 11 is 1.88. The van der Waals surface area contributed by atoms with Gasteiger partial charge < -0.3 is 4.90 Å². The number of aromatic nitrogens is 2. The van der Waals surface area contributed by atoms with Crippen LogP contribution >= 0.6 is 11.3 Å². The van der Waals surface area contributed by atoms with E-state index >= 15 is 0 Å². The van der Waals surface area contributed by atoms with Crippen molar-refractivity contribution in [2.45, 2.75) is 65.5 Å². The Kier molecular flexibility index (Phi) is 2.85. The van der Waals surface area contributed by atoms with E-state index in [1.807, 2.05) is 17.5 Å². The van der Waals surface area contributed by atoms with Crippen LogP contribution in [0.4, 0.5) is 5.69 Å². The van der Waals surface area contributed by atoms with Crippen molar-refractivity contribution in [3.63, 3.8) is 0 Å². The molecule has 0 N–H and O–H groups in total. The standard InChI is InChI=1S/C22H27N3S/c1-13-9-8-10-15-16(13)25-14(2)17-18(26-19-23-11-12-24(17)19)22(25,7)21(5,6)20(15,3)4/h8-12,14H,1-7H3. The van der Waals surface area contributed by atoms with Crippen LogP contribution in [0.3, 0.4) is 0 Å². The molecule has 0 spiro atoms. The predicted molar refractivity (Wildman–Crippen MR) is 109 cm³/mol. The molecule has 1 aromatic carbocycles. The second-order valence-electron chi connectivity index (χ2n) is 9.24. The first kappa shape index (κ1) is 16.4. The van der Waals surface area contributed by atoms with Gasteiger partial charge in [-0.3, -0.25) is 4.40 Å². The molecule has 0 saturated carbocycles. The summed E-state index contributed by atoms with van der Waals surface area (Å²) in [6.45, 7) is 16.8. The fourth-order valence-electron chi connectivity index (χ4n) is 5.59. The first-order valence-corrected chi connectivity index (χ1v) is 10.3. The summed E-state index contributed by atoms with van der Waals surface area (Å²) in [5, 5.41) is 0. The Hall–Kier alpha value is -1.81. The zero-order valence-electron chi connectivity index (χ0n) is 16.7. The third-order valence-corrected chi connectivity index (χ3v) is 9.23. The van der Waals surface area contributed by atoms with Crippen LogP contribution in [0.15, 0.2) is 30.6 Å². The predicted octanol–water partition coefficient (Wildman–Crippen LogP) is 5.82. The molecule has 0 radical (unpaired) electrons. The molecule has 0 amide bonds. The fraction of sp³-hybridized carbons (Fsp3) is 0.500. The topological polar surface area (TPSA) is 20.5 Å². The van der Waals surface area contributed by atoms with Crippen molar-refractivity contribution >= 4 is 22.0 Å². The van der Waals surface area contributed by atoms with Crippen LogP contribution in [-0.2, 0) is 11.0 Å². The van der Waals surface area contributed by atoms with E-state index in [-0.39, 0.29) is 16.4 Å². The van der Waals surface area contributed by atoms with Crippen LogP contribution in [0.25, 0.3) is 4.96 Å². The van der Waals surface area contributed by atoms with E-state index in [2.05, 4.69) is 87.1 Å². The SMILES string of the molecule is Cc1cccc2c1N1C(C)c3c(sc4nccn34)C1(C)C(C)(C)C2(C)C. The van der Waals surface area contributed by atoms with Crippen molar-refractivity contribution in [2.75, 3.05) is 4.90 Å². The van der Waals surface area contributed by atoms with E-state index in [1.165, 1.54) is 27.4 Å². The molecule has 4 heterocycles. The maximum atomic E-state index is 4.59. The monoisotopic (exact) mass is 365 g/mol. The summed E-state index contributed by atoms with van der Waals surface area (Å²) in [7, 11) is 0. The molecule has 0 fully saturated rings. The van der Waals surface area contributed by atoms with E-state index in [1.54, 1.807) is 0 Å². The van der Waals surface area contributed by atoms with Crippen molar-refractivity contribution in [1.82, 2.24) is 9.38 Å². The Labute approximate surface area is 159 Å². The van der Waals surface area contributed by atoms with Gasteiger partial charge in [-0.25, -0.2) is 4.98 Å². The van der Waals surface area contributed by atoms with E-state index in [9.17, 15) is 0 Å². The molecule has 3 nitrogen and oxygen atoms in total. The van der Waals surface area contributed by atoms with Gasteiger partial charge in [-0.2, -0.15) is 0 Å². The van der Waals surface area contributed by atoms with Crippen LogP contribution in [0.1, 0.15) is 69.3 Å². The van der Waals surface area contributed by atoms with Gasteiger partial charge >= 0.3 is 0 Å². The third kappa shape index (κ3) is 1.47. The normalized spacial score (nSPS) is 28.1. The summed E-state index contributed by atoms with van der Waals surface area (Å²) in [6, 6.07) is 7.15. The molecule has 2 aliphatic rings. The minimum atomic E-state index is -0.0598. The van der Waals surface area contributed by atoms with Crippen molar-refractivity contribution in [1.29, 1.82) is 0 Å². The van der Waals surface area contributed by atoms with Gasteiger partial charge in [-0.15, -0.1) is 0 Å². The molecule has 2 unspecified atom stereocenters. The molecule has 26 heavy (non-hydrogen) atoms. The van der Waals surface area contributed by atoms with Crippen molar-refractivity contribution < 1.29 is 0 Å². The second-order valence-corrected chi connectivity index (χ2v) is 10.2. The average molecular weight is 366 g/mol. The number of rotatable bonds is 0. The Balaban J connectivity index is 1.94. The molecule has 2 aromatic heterocycles. The van der Waals surface area contributed by atoms with Gasteiger partial charge in [-0.05, 0) is 37.3 Å². The maximum absolute atomic E-state index is 4.59. The largest absolute Gasteiger partial charge is 0.352 e. The highest BCUT2D eigenvalue weighted by atomic mass is 32.1. The van der Waals surface area contributed by atoms with Crippen molar-refractivity contribution in [3.8, 4) is 0 Å². The van der Waals surface area contributed by atoms with E-state index in [0.29, 0.717) is 6.04 Å². The highest BCUT2D eigenvalue weighted by Crippen LogP contribution is 2.68. The lowest BCUT2D eigenvalue weighted by molar-refractivity contribution is 0.0672. The number of imidazole rings is 1. The van der Waals surface area contributed by atoms with Gasteiger partial charge in [0.25, 0.3) is 0 Å². The zero-order valence-corrected chi connectivity index (χ0v) is 17.5. The summed E-state index contributed by atoms with van der Waals surface area (Å²) in [5.74, 6) is 0. The van der Waals surface area contributed by atoms with Gasteiger partial charge in [0, 0.05) is 23.5 Å². The fourth-order valence-corrected chi connectivity index (χ4v) is 7.07. The lowest BCUT2D eigenvalue weighted by atomic mass is 9.52. The number of fused-ring (bicyclic) bond motifs is 7. The Bertz CT molecular complexity index is 1050. The molecule has 0 aliphatic carbocycles. The first-order valence-electron chi connectivity index (χ1n) is 9.49. The lowest BCUT2D eigenvalue weighted by Gasteiger charge is -2.62. The quantitative estimate of drug-likeness (QED) is 0.500. The van der Waals surface area contributed by atoms with Crippen molar-refractivity contribution in [3.05, 3.63) is 52.3 Å². The number of hydrogen-bond donors (Lipinski definition) is 0. The van der Waals surface area contributed by atoms with Gasteiger partial charge in [0.2, 0.25) is 0 Å². The smallest absolute Gasteiger partial charge is 0.194 e. The number of benzene rings is 1. The molecule has 0 bridgehead atoms. The van der Waals surface area contributed by atoms with Crippen LogP contribution in [-0.4, -0.2) is 9.38 Å². The Morgan fingerprint density at radius 2 is 1.85 bits per heavy atom. The van der Waals surface area contributed by atoms with E-state index < -0.39 is 0 Å². The highest BCUT2D eigenvalue weighted by molar-refractivity contribution is 7.17. The molecule has 2 aliphatic heterocycles. The number of para-hydroxylation sites is 1. The minimum Gasteiger partial charge on any atom is -0.352 e. The third-order valence-electron chi connectivity index (χ3n) is 7.93. The zero-order chi connectivity index (χ0) is 18.6. The summed E-state index contributed by atoms with van der Waals surface area (Å²) in [5.41, 5.74) is 5.77. The van der Waals surface area contributed by atoms with Gasteiger partial charge in [0.1, 0.15) is 0 Å². The lowest BCUT2D eigenvalue weighted by Crippen LogP contribution is -2.61. The summed E-state index contributed by atoms with van der Waals surface area (Å²) in [6.07, 6.45) is 4.05. The van der Waals surface area contributed by atoms with Crippen molar-refractivity contribution in [2.24, 2.45) is 5.41 Å². The van der Waals surface area contributed by atoms with Crippen LogP contribution in [0.2, 0.25) is 0 Å². The Morgan fingerprint density at radius 1 is 1.12 bits per heavy atom. The van der Waals surface area contributed by atoms with Gasteiger partial charge in [0.15, 0.2) is 4.96 Å². The average Bonchev–Trinajstić information content (AvgIpc) is 3.19. The molecular formula is C22H27N3S. The van der Waals surface area contributed by atoms with E-state index in [0.717, 1.165) is 4.96 Å². The molecule has 5 rings (SSSR count). The minimum absolute atomic E-state index is 0.0587. The van der Waals surface area contributed by atoms with Crippen LogP contribution in [0.5, 0.6) is 0 Å². The molecule has 3 aromatic rings. The number of thiazole rings is 1. The number of nitrogens with zero attached hydrogens (tertiary/aromatic N) is 3. The molecule has 2 atom stereocenters. The molecule has 4 heteroatoms. The van der Waals surface area contributed by atoms with Gasteiger partial charge in [-0.1, -0.05) is 57.2 Å². The number of anilines is 1. The Morgan fingerprint density at radius 3 is 2.58 bits per heavy atom. The van der Waals surface area contributed by atoms with E-state index in [4.69, 9.17) is 0 Å². The molecule has 0 saturated heterocycles. The summed E-state index contributed by atoms with van der Waals surface area (Å²) in [4.78, 5) is 9.91. The second kappa shape index (κ2) is 4.53. The molecular weight excluding hydrogens is 338 g/mol. The van der Waals surface area contributed by atoms with Gasteiger partial charge in [0.05, 0.1) is 22.2 Å². The first-order chi connectivity index (χ1) is 12.1. The number of aryl methyl sites for hydroxylation is 1.